The predicted molar refractivity (Wildman–Crippen MR) is 73.4 cm³/mol. The molecule has 0 saturated carbocycles. The Balaban J connectivity index is 2.84. The normalized spacial score (nSPS) is 12.3. The number of benzene rings is 1. The molecule has 0 aliphatic rings. The SMILES string of the molecule is CC(C)(C)c1c(CN)sc2c(Cl)cccc12. The van der Waals surface area contributed by atoms with Crippen LogP contribution in [0.5, 0.6) is 0 Å². The van der Waals surface area contributed by atoms with Crippen molar-refractivity contribution in [3.63, 3.8) is 0 Å². The molecule has 0 unspecified atom stereocenters. The van der Waals surface area contributed by atoms with Crippen LogP contribution in [0.4, 0.5) is 0 Å². The molecule has 2 aromatic rings. The Morgan fingerprint density at radius 3 is 2.56 bits per heavy atom. The topological polar surface area (TPSA) is 26.0 Å². The Hall–Kier alpha value is -0.570. The lowest BCUT2D eigenvalue weighted by atomic mass is 9.85. The molecular weight excluding hydrogens is 238 g/mol. The van der Waals surface area contributed by atoms with Crippen molar-refractivity contribution in [3.8, 4) is 0 Å². The molecule has 0 saturated heterocycles. The Bertz CT molecular complexity index is 522. The first-order valence-corrected chi connectivity index (χ1v) is 6.55. The Kier molecular flexibility index (Phi) is 2.99. The predicted octanol–water partition coefficient (Wildman–Crippen LogP) is 4.31. The lowest BCUT2D eigenvalue weighted by molar-refractivity contribution is 0.591. The summed E-state index contributed by atoms with van der Waals surface area (Å²) in [5, 5.41) is 2.08. The fourth-order valence-electron chi connectivity index (χ4n) is 2.10. The molecule has 0 fully saturated rings. The van der Waals surface area contributed by atoms with Crippen LogP contribution in [0.3, 0.4) is 0 Å². The highest BCUT2D eigenvalue weighted by atomic mass is 35.5. The van der Waals surface area contributed by atoms with Crippen molar-refractivity contribution < 1.29 is 0 Å². The molecule has 2 rings (SSSR count). The summed E-state index contributed by atoms with van der Waals surface area (Å²) < 4.78 is 1.16. The summed E-state index contributed by atoms with van der Waals surface area (Å²) in [5.41, 5.74) is 7.28. The molecule has 3 heteroatoms. The molecule has 0 aliphatic heterocycles. The van der Waals surface area contributed by atoms with E-state index < -0.39 is 0 Å². The van der Waals surface area contributed by atoms with Crippen molar-refractivity contribution in [3.05, 3.63) is 33.7 Å². The first-order valence-electron chi connectivity index (χ1n) is 5.35. The summed E-state index contributed by atoms with van der Waals surface area (Å²) in [5.74, 6) is 0. The van der Waals surface area contributed by atoms with Gasteiger partial charge in [-0.2, -0.15) is 0 Å². The molecular formula is C13H16ClNS. The molecule has 16 heavy (non-hydrogen) atoms. The second-order valence-corrected chi connectivity index (χ2v) is 6.48. The second-order valence-electron chi connectivity index (χ2n) is 4.97. The van der Waals surface area contributed by atoms with Gasteiger partial charge in [-0.1, -0.05) is 44.5 Å². The maximum absolute atomic E-state index is 6.22. The van der Waals surface area contributed by atoms with Gasteiger partial charge in [-0.3, -0.25) is 0 Å². The Morgan fingerprint density at radius 1 is 1.31 bits per heavy atom. The molecule has 0 aliphatic carbocycles. The molecule has 1 aromatic carbocycles. The molecule has 0 bridgehead atoms. The Morgan fingerprint density at radius 2 is 2.00 bits per heavy atom. The van der Waals surface area contributed by atoms with Crippen molar-refractivity contribution in [2.24, 2.45) is 5.73 Å². The summed E-state index contributed by atoms with van der Waals surface area (Å²) in [6.07, 6.45) is 0. The Labute approximate surface area is 105 Å². The summed E-state index contributed by atoms with van der Waals surface area (Å²) in [6, 6.07) is 6.08. The van der Waals surface area contributed by atoms with Gasteiger partial charge >= 0.3 is 0 Å². The fraction of sp³-hybridized carbons (Fsp3) is 0.385. The largest absolute Gasteiger partial charge is 0.326 e. The van der Waals surface area contributed by atoms with E-state index in [1.807, 2.05) is 12.1 Å². The molecule has 1 heterocycles. The van der Waals surface area contributed by atoms with Gasteiger partial charge in [0.1, 0.15) is 0 Å². The van der Waals surface area contributed by atoms with Gasteiger partial charge in [-0.15, -0.1) is 11.3 Å². The number of rotatable bonds is 1. The number of nitrogens with two attached hydrogens (primary N) is 1. The zero-order chi connectivity index (χ0) is 11.9. The van der Waals surface area contributed by atoms with E-state index in [-0.39, 0.29) is 5.41 Å². The maximum Gasteiger partial charge on any atom is 0.0584 e. The van der Waals surface area contributed by atoms with Crippen molar-refractivity contribution in [2.75, 3.05) is 0 Å². The number of halogens is 1. The molecule has 0 atom stereocenters. The molecule has 0 amide bonds. The lowest BCUT2D eigenvalue weighted by Crippen LogP contribution is -2.14. The van der Waals surface area contributed by atoms with E-state index in [4.69, 9.17) is 17.3 Å². The van der Waals surface area contributed by atoms with Crippen molar-refractivity contribution in [2.45, 2.75) is 32.7 Å². The van der Waals surface area contributed by atoms with Crippen LogP contribution in [0.1, 0.15) is 31.2 Å². The minimum Gasteiger partial charge on any atom is -0.326 e. The molecule has 0 radical (unpaired) electrons. The lowest BCUT2D eigenvalue weighted by Gasteiger charge is -2.20. The fourth-order valence-corrected chi connectivity index (χ4v) is 3.68. The molecule has 1 aromatic heterocycles. The van der Waals surface area contributed by atoms with Gasteiger partial charge in [0.2, 0.25) is 0 Å². The minimum absolute atomic E-state index is 0.109. The van der Waals surface area contributed by atoms with Gasteiger partial charge in [0.05, 0.1) is 9.72 Å². The maximum atomic E-state index is 6.22. The zero-order valence-corrected chi connectivity index (χ0v) is 11.4. The van der Waals surface area contributed by atoms with E-state index in [1.165, 1.54) is 15.8 Å². The number of thiophene rings is 1. The first kappa shape index (κ1) is 11.9. The van der Waals surface area contributed by atoms with Crippen LogP contribution in [-0.2, 0) is 12.0 Å². The summed E-state index contributed by atoms with van der Waals surface area (Å²) >= 11 is 7.94. The van der Waals surface area contributed by atoms with Gasteiger partial charge in [0.15, 0.2) is 0 Å². The highest BCUT2D eigenvalue weighted by Gasteiger charge is 2.23. The summed E-state index contributed by atoms with van der Waals surface area (Å²) in [7, 11) is 0. The smallest absolute Gasteiger partial charge is 0.0584 e. The highest BCUT2D eigenvalue weighted by Crippen LogP contribution is 2.41. The van der Waals surface area contributed by atoms with E-state index in [2.05, 4.69) is 26.8 Å². The van der Waals surface area contributed by atoms with Crippen LogP contribution in [0.25, 0.3) is 10.1 Å². The van der Waals surface area contributed by atoms with Crippen LogP contribution < -0.4 is 5.73 Å². The first-order chi connectivity index (χ1) is 7.45. The van der Waals surface area contributed by atoms with Crippen LogP contribution in [-0.4, -0.2) is 0 Å². The van der Waals surface area contributed by atoms with E-state index in [1.54, 1.807) is 11.3 Å². The summed E-state index contributed by atoms with van der Waals surface area (Å²) in [6.45, 7) is 7.24. The van der Waals surface area contributed by atoms with Gasteiger partial charge in [-0.25, -0.2) is 0 Å². The third kappa shape index (κ3) is 1.86. The number of hydrogen-bond acceptors (Lipinski definition) is 2. The molecule has 1 nitrogen and oxygen atoms in total. The third-order valence-electron chi connectivity index (χ3n) is 2.68. The molecule has 86 valence electrons. The van der Waals surface area contributed by atoms with E-state index in [0.717, 1.165) is 9.72 Å². The zero-order valence-electron chi connectivity index (χ0n) is 9.80. The average Bonchev–Trinajstić information content (AvgIpc) is 2.57. The van der Waals surface area contributed by atoms with Gasteiger partial charge in [-0.05, 0) is 22.4 Å². The van der Waals surface area contributed by atoms with Gasteiger partial charge in [0, 0.05) is 11.4 Å². The summed E-state index contributed by atoms with van der Waals surface area (Å²) in [4.78, 5) is 1.25. The van der Waals surface area contributed by atoms with E-state index in [9.17, 15) is 0 Å². The van der Waals surface area contributed by atoms with Crippen LogP contribution in [0.2, 0.25) is 5.02 Å². The van der Waals surface area contributed by atoms with Crippen LogP contribution in [0, 0.1) is 0 Å². The van der Waals surface area contributed by atoms with E-state index >= 15 is 0 Å². The number of fused-ring (bicyclic) bond motifs is 1. The van der Waals surface area contributed by atoms with E-state index in [0.29, 0.717) is 6.54 Å². The molecule has 2 N–H and O–H groups in total. The van der Waals surface area contributed by atoms with Crippen molar-refractivity contribution >= 4 is 33.0 Å². The minimum atomic E-state index is 0.109. The number of hydrogen-bond donors (Lipinski definition) is 1. The third-order valence-corrected chi connectivity index (χ3v) is 4.36. The molecule has 0 spiro atoms. The highest BCUT2D eigenvalue weighted by molar-refractivity contribution is 7.20. The second kappa shape index (κ2) is 4.02. The van der Waals surface area contributed by atoms with Gasteiger partial charge in [0.25, 0.3) is 0 Å². The standard InChI is InChI=1S/C13H16ClNS/c1-13(2,3)11-8-5-4-6-9(14)12(8)16-10(11)7-15/h4-6H,7,15H2,1-3H3. The van der Waals surface area contributed by atoms with Gasteiger partial charge < -0.3 is 5.73 Å². The van der Waals surface area contributed by atoms with Crippen molar-refractivity contribution in [1.29, 1.82) is 0 Å². The van der Waals surface area contributed by atoms with Crippen LogP contribution in [0.15, 0.2) is 18.2 Å². The quantitative estimate of drug-likeness (QED) is 0.805. The monoisotopic (exact) mass is 253 g/mol. The van der Waals surface area contributed by atoms with Crippen LogP contribution >= 0.6 is 22.9 Å². The average molecular weight is 254 g/mol. The van der Waals surface area contributed by atoms with Crippen molar-refractivity contribution in [1.82, 2.24) is 0 Å².